The third kappa shape index (κ3) is 1.82. The fraction of sp³-hybridized carbons (Fsp3) is 0.667. The van der Waals surface area contributed by atoms with Crippen molar-refractivity contribution in [3.8, 4) is 0 Å². The summed E-state index contributed by atoms with van der Waals surface area (Å²) >= 11 is 1.70. The number of carbonyl (C=O) groups is 1. The van der Waals surface area contributed by atoms with Crippen molar-refractivity contribution in [3.05, 3.63) is 10.6 Å². The summed E-state index contributed by atoms with van der Waals surface area (Å²) in [4.78, 5) is 19.2. The largest absolute Gasteiger partial charge is 0.481 e. The predicted octanol–water partition coefficient (Wildman–Crippen LogP) is 2.25. The molecule has 1 heterocycles. The van der Waals surface area contributed by atoms with Crippen LogP contribution in [0, 0.1) is 0 Å². The molecule has 1 fully saturated rings. The summed E-state index contributed by atoms with van der Waals surface area (Å²) in [6, 6.07) is 0.648. The van der Waals surface area contributed by atoms with Gasteiger partial charge in [0.25, 0.3) is 0 Å². The van der Waals surface area contributed by atoms with Gasteiger partial charge in [0.15, 0.2) is 5.13 Å². The van der Waals surface area contributed by atoms with Gasteiger partial charge in [-0.25, -0.2) is 4.98 Å². The third-order valence-corrected chi connectivity index (χ3v) is 4.75. The number of aromatic nitrogens is 1. The molecule has 1 aromatic heterocycles. The normalized spacial score (nSPS) is 22.5. The molecule has 5 heteroatoms. The number of rotatable bonds is 4. The molecule has 2 aliphatic rings. The number of nitrogens with zero attached hydrogens (tertiary/aromatic N) is 2. The van der Waals surface area contributed by atoms with Crippen molar-refractivity contribution in [2.45, 2.75) is 44.6 Å². The van der Waals surface area contributed by atoms with E-state index < -0.39 is 5.97 Å². The highest BCUT2D eigenvalue weighted by atomic mass is 32.1. The van der Waals surface area contributed by atoms with Crippen LogP contribution in [0.3, 0.4) is 0 Å². The first kappa shape index (κ1) is 11.0. The topological polar surface area (TPSA) is 53.4 Å². The number of carboxylic acids is 1. The molecule has 0 aliphatic heterocycles. The minimum absolute atomic E-state index is 0.368. The third-order valence-electron chi connectivity index (χ3n) is 3.58. The molecule has 1 aromatic rings. The smallest absolute Gasteiger partial charge is 0.312 e. The van der Waals surface area contributed by atoms with Crippen LogP contribution < -0.4 is 4.90 Å². The lowest BCUT2D eigenvalue weighted by Crippen LogP contribution is -2.25. The first-order valence-electron chi connectivity index (χ1n) is 6.19. The Morgan fingerprint density at radius 2 is 2.29 bits per heavy atom. The van der Waals surface area contributed by atoms with Crippen molar-refractivity contribution in [2.24, 2.45) is 0 Å². The lowest BCUT2D eigenvalue weighted by Gasteiger charge is -2.18. The summed E-state index contributed by atoms with van der Waals surface area (Å²) in [5.74, 6) is -1.09. The van der Waals surface area contributed by atoms with E-state index in [1.807, 2.05) is 0 Å². The summed E-state index contributed by atoms with van der Waals surface area (Å²) in [6.07, 6.45) is 4.10. The number of fused-ring (bicyclic) bond motifs is 1. The molecule has 0 saturated heterocycles. The van der Waals surface area contributed by atoms with Gasteiger partial charge in [0.2, 0.25) is 0 Å². The number of aliphatic carboxylic acids is 1. The zero-order valence-corrected chi connectivity index (χ0v) is 10.7. The van der Waals surface area contributed by atoms with Crippen molar-refractivity contribution >= 4 is 22.4 Å². The van der Waals surface area contributed by atoms with E-state index in [1.54, 1.807) is 11.3 Å². The van der Waals surface area contributed by atoms with Gasteiger partial charge in [-0.1, -0.05) is 0 Å². The van der Waals surface area contributed by atoms with Crippen molar-refractivity contribution in [2.75, 3.05) is 11.4 Å². The monoisotopic (exact) mass is 252 g/mol. The van der Waals surface area contributed by atoms with E-state index in [4.69, 9.17) is 5.11 Å². The highest BCUT2D eigenvalue weighted by molar-refractivity contribution is 7.15. The Morgan fingerprint density at radius 3 is 2.88 bits per heavy atom. The zero-order valence-electron chi connectivity index (χ0n) is 9.85. The standard InChI is InChI=1S/C12H16N2O2S/c1-2-14(7-3-4-7)12-13-10-8(11(15)16)5-6-9(10)17-12/h7-8H,2-6H2,1H3,(H,15,16). The molecule has 1 saturated carbocycles. The van der Waals surface area contributed by atoms with Crippen LogP contribution in [0.2, 0.25) is 0 Å². The summed E-state index contributed by atoms with van der Waals surface area (Å²) in [5.41, 5.74) is 0.830. The Morgan fingerprint density at radius 1 is 1.53 bits per heavy atom. The molecule has 17 heavy (non-hydrogen) atoms. The Bertz CT molecular complexity index is 453. The summed E-state index contributed by atoms with van der Waals surface area (Å²) in [7, 11) is 0. The lowest BCUT2D eigenvalue weighted by atomic mass is 10.1. The van der Waals surface area contributed by atoms with Gasteiger partial charge in [-0.05, 0) is 32.6 Å². The minimum Gasteiger partial charge on any atom is -0.481 e. The van der Waals surface area contributed by atoms with E-state index in [-0.39, 0.29) is 5.92 Å². The van der Waals surface area contributed by atoms with E-state index >= 15 is 0 Å². The predicted molar refractivity (Wildman–Crippen MR) is 66.9 cm³/mol. The van der Waals surface area contributed by atoms with Crippen molar-refractivity contribution in [1.82, 2.24) is 4.98 Å². The number of carboxylic acid groups (broad SMARTS) is 1. The fourth-order valence-corrected chi connectivity index (χ4v) is 3.79. The Hall–Kier alpha value is -1.10. The van der Waals surface area contributed by atoms with Gasteiger partial charge in [0.1, 0.15) is 5.92 Å². The first-order chi connectivity index (χ1) is 8.20. The van der Waals surface area contributed by atoms with Crippen molar-refractivity contribution in [1.29, 1.82) is 0 Å². The van der Waals surface area contributed by atoms with Crippen LogP contribution in [-0.4, -0.2) is 28.6 Å². The molecular weight excluding hydrogens is 236 g/mol. The molecule has 1 unspecified atom stereocenters. The van der Waals surface area contributed by atoms with E-state index in [9.17, 15) is 4.79 Å². The molecule has 1 atom stereocenters. The molecule has 1 N–H and O–H groups in total. The number of thiazole rings is 1. The molecule has 0 aromatic carbocycles. The van der Waals surface area contributed by atoms with Crippen molar-refractivity contribution < 1.29 is 9.90 Å². The summed E-state index contributed by atoms with van der Waals surface area (Å²) in [6.45, 7) is 3.11. The van der Waals surface area contributed by atoms with Crippen molar-refractivity contribution in [3.63, 3.8) is 0 Å². The van der Waals surface area contributed by atoms with E-state index in [0.717, 1.165) is 30.2 Å². The highest BCUT2D eigenvalue weighted by Crippen LogP contribution is 2.42. The van der Waals surface area contributed by atoms with E-state index in [1.165, 1.54) is 17.7 Å². The summed E-state index contributed by atoms with van der Waals surface area (Å²) in [5, 5.41) is 10.2. The number of aryl methyl sites for hydroxylation is 1. The van der Waals surface area contributed by atoms with Crippen LogP contribution in [-0.2, 0) is 11.2 Å². The fourth-order valence-electron chi connectivity index (χ4n) is 2.51. The Kier molecular flexibility index (Phi) is 2.58. The highest BCUT2D eigenvalue weighted by Gasteiger charge is 2.35. The molecule has 0 amide bonds. The minimum atomic E-state index is -0.727. The molecule has 0 radical (unpaired) electrons. The average molecular weight is 252 g/mol. The second-order valence-electron chi connectivity index (χ2n) is 4.75. The molecule has 3 rings (SSSR count). The second kappa shape index (κ2) is 3.98. The second-order valence-corrected chi connectivity index (χ2v) is 5.81. The van der Waals surface area contributed by atoms with Gasteiger partial charge < -0.3 is 10.0 Å². The first-order valence-corrected chi connectivity index (χ1v) is 7.01. The number of hydrogen-bond donors (Lipinski definition) is 1. The van der Waals surface area contributed by atoms with Gasteiger partial charge >= 0.3 is 5.97 Å². The number of hydrogen-bond acceptors (Lipinski definition) is 4. The molecule has 4 nitrogen and oxygen atoms in total. The van der Waals surface area contributed by atoms with Crippen LogP contribution in [0.4, 0.5) is 5.13 Å². The maximum Gasteiger partial charge on any atom is 0.312 e. The quantitative estimate of drug-likeness (QED) is 0.893. The molecule has 0 spiro atoms. The molecule has 92 valence electrons. The van der Waals surface area contributed by atoms with Crippen LogP contribution in [0.1, 0.15) is 42.7 Å². The summed E-state index contributed by atoms with van der Waals surface area (Å²) < 4.78 is 0. The SMILES string of the molecule is CCN(c1nc2c(s1)CCC2C(=O)O)C1CC1. The molecule has 2 aliphatic carbocycles. The van der Waals surface area contributed by atoms with Gasteiger partial charge in [-0.15, -0.1) is 11.3 Å². The average Bonchev–Trinajstić information content (AvgIpc) is 2.88. The lowest BCUT2D eigenvalue weighted by molar-refractivity contribution is -0.138. The Balaban J connectivity index is 1.89. The van der Waals surface area contributed by atoms with Crippen LogP contribution in [0.15, 0.2) is 0 Å². The van der Waals surface area contributed by atoms with E-state index in [0.29, 0.717) is 6.04 Å². The maximum absolute atomic E-state index is 11.1. The number of anilines is 1. The Labute approximate surface area is 104 Å². The van der Waals surface area contributed by atoms with Gasteiger partial charge in [0.05, 0.1) is 5.69 Å². The van der Waals surface area contributed by atoms with Gasteiger partial charge in [0, 0.05) is 17.5 Å². The molecular formula is C12H16N2O2S. The molecule has 0 bridgehead atoms. The van der Waals surface area contributed by atoms with Crippen LogP contribution in [0.25, 0.3) is 0 Å². The maximum atomic E-state index is 11.1. The van der Waals surface area contributed by atoms with E-state index in [2.05, 4.69) is 16.8 Å². The van der Waals surface area contributed by atoms with Crippen LogP contribution in [0.5, 0.6) is 0 Å². The van der Waals surface area contributed by atoms with Gasteiger partial charge in [-0.3, -0.25) is 4.79 Å². The van der Waals surface area contributed by atoms with Crippen LogP contribution >= 0.6 is 11.3 Å². The zero-order chi connectivity index (χ0) is 12.0. The van der Waals surface area contributed by atoms with Gasteiger partial charge in [-0.2, -0.15) is 0 Å².